The summed E-state index contributed by atoms with van der Waals surface area (Å²) < 4.78 is 11.2. The molecule has 0 spiro atoms. The molecule has 1 aliphatic rings. The van der Waals surface area contributed by atoms with E-state index in [1.807, 2.05) is 38.1 Å². The third kappa shape index (κ3) is 5.66. The summed E-state index contributed by atoms with van der Waals surface area (Å²) in [6.45, 7) is 5.84. The number of para-hydroxylation sites is 2. The van der Waals surface area contributed by atoms with Gasteiger partial charge in [0.05, 0.1) is 19.1 Å². The molecule has 6 heteroatoms. The molecule has 0 aromatic heterocycles. The Bertz CT molecular complexity index is 589. The Labute approximate surface area is 148 Å². The third-order valence-corrected chi connectivity index (χ3v) is 4.30. The van der Waals surface area contributed by atoms with Crippen molar-refractivity contribution in [2.24, 2.45) is 11.8 Å². The van der Waals surface area contributed by atoms with E-state index >= 15 is 0 Å². The number of carbonyl (C=O) groups excluding carboxylic acids is 1. The smallest absolute Gasteiger partial charge is 0.308 e. The summed E-state index contributed by atoms with van der Waals surface area (Å²) in [6, 6.07) is 7.46. The number of amides is 1. The first-order valence-corrected chi connectivity index (χ1v) is 8.86. The number of nitrogens with zero attached hydrogens (tertiary/aromatic N) is 1. The first-order valence-electron chi connectivity index (χ1n) is 8.86. The lowest BCUT2D eigenvalue weighted by molar-refractivity contribution is -0.147. The van der Waals surface area contributed by atoms with Crippen LogP contribution in [0.25, 0.3) is 0 Å². The topological polar surface area (TPSA) is 76.1 Å². The molecule has 1 aliphatic heterocycles. The highest BCUT2D eigenvalue weighted by atomic mass is 16.5. The van der Waals surface area contributed by atoms with E-state index in [4.69, 9.17) is 9.47 Å². The summed E-state index contributed by atoms with van der Waals surface area (Å²) in [5, 5.41) is 9.20. The maximum absolute atomic E-state index is 12.3. The zero-order chi connectivity index (χ0) is 18.2. The van der Waals surface area contributed by atoms with Crippen molar-refractivity contribution >= 4 is 11.9 Å². The molecule has 1 aromatic rings. The number of ether oxygens (including phenoxy) is 2. The summed E-state index contributed by atoms with van der Waals surface area (Å²) in [5.41, 5.74) is 0. The predicted octanol–water partition coefficient (Wildman–Crippen LogP) is 2.81. The fraction of sp³-hybridized carbons (Fsp3) is 0.579. The van der Waals surface area contributed by atoms with Gasteiger partial charge in [0.25, 0.3) is 0 Å². The van der Waals surface area contributed by atoms with Gasteiger partial charge in [-0.15, -0.1) is 0 Å². The minimum absolute atomic E-state index is 0.000469. The number of piperidine rings is 1. The molecule has 2 rings (SSSR count). The van der Waals surface area contributed by atoms with Gasteiger partial charge in [0.1, 0.15) is 0 Å². The van der Waals surface area contributed by atoms with Crippen LogP contribution >= 0.6 is 0 Å². The molecular weight excluding hydrogens is 322 g/mol. The number of carboxylic acid groups (broad SMARTS) is 1. The van der Waals surface area contributed by atoms with Gasteiger partial charge in [-0.25, -0.2) is 0 Å². The molecular formula is C19H27NO5. The molecule has 1 amide bonds. The van der Waals surface area contributed by atoms with Gasteiger partial charge < -0.3 is 19.5 Å². The van der Waals surface area contributed by atoms with Crippen LogP contribution in [-0.2, 0) is 9.59 Å². The molecule has 0 radical (unpaired) electrons. The molecule has 0 bridgehead atoms. The van der Waals surface area contributed by atoms with E-state index in [2.05, 4.69) is 0 Å². The van der Waals surface area contributed by atoms with Crippen LogP contribution in [0.15, 0.2) is 24.3 Å². The molecule has 0 aliphatic carbocycles. The van der Waals surface area contributed by atoms with Crippen molar-refractivity contribution in [2.45, 2.75) is 33.1 Å². The van der Waals surface area contributed by atoms with Crippen molar-refractivity contribution in [3.05, 3.63) is 24.3 Å². The molecule has 1 fully saturated rings. The number of hydrogen-bond donors (Lipinski definition) is 1. The van der Waals surface area contributed by atoms with Crippen molar-refractivity contribution in [3.8, 4) is 11.5 Å². The van der Waals surface area contributed by atoms with E-state index < -0.39 is 11.9 Å². The van der Waals surface area contributed by atoms with Gasteiger partial charge in [-0.2, -0.15) is 0 Å². The summed E-state index contributed by atoms with van der Waals surface area (Å²) in [5.74, 6) is 0.315. The van der Waals surface area contributed by atoms with Crippen LogP contribution in [-0.4, -0.2) is 48.2 Å². The summed E-state index contributed by atoms with van der Waals surface area (Å²) in [7, 11) is 0. The predicted molar refractivity (Wildman–Crippen MR) is 93.8 cm³/mol. The van der Waals surface area contributed by atoms with Crippen LogP contribution in [0.3, 0.4) is 0 Å². The van der Waals surface area contributed by atoms with Crippen molar-refractivity contribution in [3.63, 3.8) is 0 Å². The number of rotatable bonds is 8. The van der Waals surface area contributed by atoms with E-state index in [-0.39, 0.29) is 11.8 Å². The fourth-order valence-electron chi connectivity index (χ4n) is 3.14. The van der Waals surface area contributed by atoms with Crippen LogP contribution in [0.1, 0.15) is 33.1 Å². The van der Waals surface area contributed by atoms with Crippen LogP contribution in [0.4, 0.5) is 0 Å². The number of likely N-dealkylation sites (tertiary alicyclic amines) is 1. The monoisotopic (exact) mass is 349 g/mol. The maximum Gasteiger partial charge on any atom is 0.308 e. The van der Waals surface area contributed by atoms with Crippen molar-refractivity contribution in [2.75, 3.05) is 26.3 Å². The molecule has 1 aromatic carbocycles. The highest BCUT2D eigenvalue weighted by Gasteiger charge is 2.31. The highest BCUT2D eigenvalue weighted by molar-refractivity contribution is 5.78. The number of hydrogen-bond acceptors (Lipinski definition) is 4. The SMILES string of the molecule is CCOc1ccccc1OCCCC(=O)N1CC(C)CC(C(=O)O)C1. The number of benzene rings is 1. The molecule has 0 saturated carbocycles. The van der Waals surface area contributed by atoms with Gasteiger partial charge in [0.15, 0.2) is 11.5 Å². The summed E-state index contributed by atoms with van der Waals surface area (Å²) >= 11 is 0. The third-order valence-electron chi connectivity index (χ3n) is 4.30. The van der Waals surface area contributed by atoms with Crippen LogP contribution in [0, 0.1) is 11.8 Å². The lowest BCUT2D eigenvalue weighted by Crippen LogP contribution is -2.45. The molecule has 1 saturated heterocycles. The first kappa shape index (κ1) is 19.1. The van der Waals surface area contributed by atoms with E-state index in [0.717, 1.165) is 0 Å². The minimum atomic E-state index is -0.819. The molecule has 1 N–H and O–H groups in total. The second-order valence-electron chi connectivity index (χ2n) is 6.51. The Morgan fingerprint density at radius 2 is 1.88 bits per heavy atom. The lowest BCUT2D eigenvalue weighted by atomic mass is 9.90. The Balaban J connectivity index is 1.78. The largest absolute Gasteiger partial charge is 0.490 e. The highest BCUT2D eigenvalue weighted by Crippen LogP contribution is 2.26. The van der Waals surface area contributed by atoms with Crippen molar-refractivity contribution in [1.29, 1.82) is 0 Å². The van der Waals surface area contributed by atoms with Gasteiger partial charge in [-0.1, -0.05) is 19.1 Å². The minimum Gasteiger partial charge on any atom is -0.490 e. The Morgan fingerprint density at radius 1 is 1.20 bits per heavy atom. The molecule has 6 nitrogen and oxygen atoms in total. The van der Waals surface area contributed by atoms with E-state index in [0.29, 0.717) is 57.1 Å². The zero-order valence-corrected chi connectivity index (χ0v) is 14.9. The van der Waals surface area contributed by atoms with Gasteiger partial charge in [-0.3, -0.25) is 9.59 Å². The maximum atomic E-state index is 12.3. The Kier molecular flexibility index (Phi) is 7.10. The summed E-state index contributed by atoms with van der Waals surface area (Å²) in [4.78, 5) is 25.2. The standard InChI is InChI=1S/C19H27NO5/c1-3-24-16-7-4-5-8-17(16)25-10-6-9-18(21)20-12-14(2)11-15(13-20)19(22)23/h4-5,7-8,14-15H,3,6,9-13H2,1-2H3,(H,22,23). The average molecular weight is 349 g/mol. The van der Waals surface area contributed by atoms with Crippen LogP contribution in [0.5, 0.6) is 11.5 Å². The number of carboxylic acids is 1. The van der Waals surface area contributed by atoms with Crippen LogP contribution < -0.4 is 9.47 Å². The Hall–Kier alpha value is -2.24. The van der Waals surface area contributed by atoms with Crippen molar-refractivity contribution < 1.29 is 24.2 Å². The first-order chi connectivity index (χ1) is 12.0. The van der Waals surface area contributed by atoms with Gasteiger partial charge in [-0.05, 0) is 37.8 Å². The average Bonchev–Trinajstić information content (AvgIpc) is 2.59. The second-order valence-corrected chi connectivity index (χ2v) is 6.51. The van der Waals surface area contributed by atoms with Crippen molar-refractivity contribution in [1.82, 2.24) is 4.90 Å². The van der Waals surface area contributed by atoms with Gasteiger partial charge in [0, 0.05) is 19.5 Å². The molecule has 2 unspecified atom stereocenters. The number of aliphatic carboxylic acids is 1. The molecule has 138 valence electrons. The van der Waals surface area contributed by atoms with E-state index in [1.165, 1.54) is 0 Å². The zero-order valence-electron chi connectivity index (χ0n) is 14.9. The normalized spacial score (nSPS) is 20.2. The fourth-order valence-corrected chi connectivity index (χ4v) is 3.14. The summed E-state index contributed by atoms with van der Waals surface area (Å²) in [6.07, 6.45) is 1.58. The molecule has 2 atom stereocenters. The van der Waals surface area contributed by atoms with E-state index in [1.54, 1.807) is 4.90 Å². The molecule has 1 heterocycles. The van der Waals surface area contributed by atoms with Gasteiger partial charge >= 0.3 is 5.97 Å². The second kappa shape index (κ2) is 9.30. The van der Waals surface area contributed by atoms with Crippen LogP contribution in [0.2, 0.25) is 0 Å². The number of carbonyl (C=O) groups is 2. The van der Waals surface area contributed by atoms with Gasteiger partial charge in [0.2, 0.25) is 5.91 Å². The van der Waals surface area contributed by atoms with E-state index in [9.17, 15) is 14.7 Å². The Morgan fingerprint density at radius 3 is 2.52 bits per heavy atom. The molecule has 25 heavy (non-hydrogen) atoms. The lowest BCUT2D eigenvalue weighted by Gasteiger charge is -2.34. The quantitative estimate of drug-likeness (QED) is 0.730.